The minimum Gasteiger partial charge on any atom is -0.454 e. The van der Waals surface area contributed by atoms with Crippen LogP contribution in [0.3, 0.4) is 0 Å². The monoisotopic (exact) mass is 340 g/mol. The molecule has 0 unspecified atom stereocenters. The van der Waals surface area contributed by atoms with Crippen molar-refractivity contribution in [3.05, 3.63) is 35.2 Å². The zero-order chi connectivity index (χ0) is 17.4. The normalized spacial score (nSPS) is 15.5. The van der Waals surface area contributed by atoms with E-state index in [-0.39, 0.29) is 12.7 Å². The van der Waals surface area contributed by atoms with E-state index in [9.17, 15) is 4.79 Å². The van der Waals surface area contributed by atoms with Crippen LogP contribution in [0, 0.1) is 13.8 Å². The van der Waals surface area contributed by atoms with E-state index < -0.39 is 0 Å². The SMILES string of the molecule is Cc1nc(N2CCCC2)nc(C)c1NC(=O)c1ccc2c(c1)OCO2. The van der Waals surface area contributed by atoms with Gasteiger partial charge in [-0.25, -0.2) is 9.97 Å². The lowest BCUT2D eigenvalue weighted by molar-refractivity contribution is 0.102. The Labute approximate surface area is 146 Å². The molecule has 0 saturated carbocycles. The average Bonchev–Trinajstić information content (AvgIpc) is 3.28. The number of aryl methyl sites for hydroxylation is 2. The third-order valence-corrected chi connectivity index (χ3v) is 4.52. The standard InChI is InChI=1S/C18H20N4O3/c1-11-16(12(2)20-18(19-11)22-7-3-4-8-22)21-17(23)13-5-6-14-15(9-13)25-10-24-14/h5-6,9H,3-4,7-8,10H2,1-2H3,(H,21,23). The van der Waals surface area contributed by atoms with Gasteiger partial charge in [-0.05, 0) is 44.9 Å². The molecule has 0 bridgehead atoms. The van der Waals surface area contributed by atoms with Crippen LogP contribution in [0.4, 0.5) is 11.6 Å². The van der Waals surface area contributed by atoms with Gasteiger partial charge in [0.25, 0.3) is 5.91 Å². The fourth-order valence-corrected chi connectivity index (χ4v) is 3.16. The molecule has 1 amide bonds. The first-order valence-electron chi connectivity index (χ1n) is 8.43. The average molecular weight is 340 g/mol. The van der Waals surface area contributed by atoms with E-state index in [2.05, 4.69) is 20.2 Å². The van der Waals surface area contributed by atoms with Crippen molar-refractivity contribution in [2.45, 2.75) is 26.7 Å². The summed E-state index contributed by atoms with van der Waals surface area (Å²) in [4.78, 5) is 23.9. The number of hydrogen-bond donors (Lipinski definition) is 1. The number of fused-ring (bicyclic) bond motifs is 1. The van der Waals surface area contributed by atoms with E-state index in [0.717, 1.165) is 30.4 Å². The zero-order valence-corrected chi connectivity index (χ0v) is 14.3. The van der Waals surface area contributed by atoms with Crippen molar-refractivity contribution in [2.75, 3.05) is 30.1 Å². The number of aromatic nitrogens is 2. The molecule has 25 heavy (non-hydrogen) atoms. The van der Waals surface area contributed by atoms with Gasteiger partial charge in [-0.1, -0.05) is 0 Å². The molecule has 0 spiro atoms. The van der Waals surface area contributed by atoms with Crippen LogP contribution in [0.15, 0.2) is 18.2 Å². The number of carbonyl (C=O) groups excluding carboxylic acids is 1. The Morgan fingerprint density at radius 2 is 1.76 bits per heavy atom. The molecule has 0 atom stereocenters. The highest BCUT2D eigenvalue weighted by Crippen LogP contribution is 2.33. The van der Waals surface area contributed by atoms with Crippen molar-refractivity contribution in [3.8, 4) is 11.5 Å². The summed E-state index contributed by atoms with van der Waals surface area (Å²) < 4.78 is 10.6. The van der Waals surface area contributed by atoms with Crippen LogP contribution in [0.5, 0.6) is 11.5 Å². The summed E-state index contributed by atoms with van der Waals surface area (Å²) in [6.45, 7) is 5.95. The van der Waals surface area contributed by atoms with E-state index in [1.54, 1.807) is 18.2 Å². The number of anilines is 2. The van der Waals surface area contributed by atoms with Crippen LogP contribution in [0.1, 0.15) is 34.6 Å². The van der Waals surface area contributed by atoms with Crippen molar-refractivity contribution < 1.29 is 14.3 Å². The quantitative estimate of drug-likeness (QED) is 0.926. The molecule has 4 rings (SSSR count). The highest BCUT2D eigenvalue weighted by molar-refractivity contribution is 6.05. The van der Waals surface area contributed by atoms with Crippen molar-refractivity contribution in [2.24, 2.45) is 0 Å². The minimum atomic E-state index is -0.220. The number of nitrogens with zero attached hydrogens (tertiary/aromatic N) is 3. The Balaban J connectivity index is 1.56. The number of nitrogens with one attached hydrogen (secondary N) is 1. The number of ether oxygens (including phenoxy) is 2. The van der Waals surface area contributed by atoms with Gasteiger partial charge in [0, 0.05) is 18.7 Å². The highest BCUT2D eigenvalue weighted by atomic mass is 16.7. The Morgan fingerprint density at radius 3 is 2.48 bits per heavy atom. The van der Waals surface area contributed by atoms with Crippen LogP contribution >= 0.6 is 0 Å². The zero-order valence-electron chi connectivity index (χ0n) is 14.3. The van der Waals surface area contributed by atoms with Gasteiger partial charge in [-0.15, -0.1) is 0 Å². The maximum absolute atomic E-state index is 12.6. The van der Waals surface area contributed by atoms with E-state index in [0.29, 0.717) is 22.7 Å². The minimum absolute atomic E-state index is 0.185. The molecule has 130 valence electrons. The first-order valence-corrected chi connectivity index (χ1v) is 8.43. The number of carbonyl (C=O) groups is 1. The van der Waals surface area contributed by atoms with Crippen LogP contribution in [0.25, 0.3) is 0 Å². The molecule has 1 aromatic carbocycles. The van der Waals surface area contributed by atoms with Crippen LogP contribution < -0.4 is 19.7 Å². The van der Waals surface area contributed by atoms with Gasteiger partial charge in [0.1, 0.15) is 0 Å². The van der Waals surface area contributed by atoms with Gasteiger partial charge in [0.05, 0.1) is 17.1 Å². The number of benzene rings is 1. The van der Waals surface area contributed by atoms with Crippen molar-refractivity contribution in [1.29, 1.82) is 0 Å². The predicted molar refractivity (Wildman–Crippen MR) is 93.5 cm³/mol. The molecule has 7 heteroatoms. The maximum atomic E-state index is 12.6. The highest BCUT2D eigenvalue weighted by Gasteiger charge is 2.20. The summed E-state index contributed by atoms with van der Waals surface area (Å²) >= 11 is 0. The Kier molecular flexibility index (Phi) is 3.91. The molecule has 0 radical (unpaired) electrons. The molecular formula is C18H20N4O3. The predicted octanol–water partition coefficient (Wildman–Crippen LogP) is 2.67. The van der Waals surface area contributed by atoms with Crippen molar-refractivity contribution in [3.63, 3.8) is 0 Å². The second kappa shape index (κ2) is 6.23. The summed E-state index contributed by atoms with van der Waals surface area (Å²) in [5.41, 5.74) is 2.70. The second-order valence-corrected chi connectivity index (χ2v) is 6.29. The number of rotatable bonds is 3. The molecular weight excluding hydrogens is 320 g/mol. The van der Waals surface area contributed by atoms with Crippen LogP contribution in [0.2, 0.25) is 0 Å². The van der Waals surface area contributed by atoms with E-state index in [1.807, 2.05) is 13.8 Å². The van der Waals surface area contributed by atoms with E-state index in [4.69, 9.17) is 9.47 Å². The lowest BCUT2D eigenvalue weighted by Crippen LogP contribution is -2.22. The summed E-state index contributed by atoms with van der Waals surface area (Å²) in [6, 6.07) is 5.14. The van der Waals surface area contributed by atoms with E-state index >= 15 is 0 Å². The molecule has 3 heterocycles. The third kappa shape index (κ3) is 2.97. The van der Waals surface area contributed by atoms with Crippen LogP contribution in [-0.4, -0.2) is 35.8 Å². The summed E-state index contributed by atoms with van der Waals surface area (Å²) in [6.07, 6.45) is 2.34. The van der Waals surface area contributed by atoms with E-state index in [1.165, 1.54) is 12.8 Å². The van der Waals surface area contributed by atoms with Crippen molar-refractivity contribution >= 4 is 17.5 Å². The Morgan fingerprint density at radius 1 is 1.08 bits per heavy atom. The molecule has 7 nitrogen and oxygen atoms in total. The summed E-state index contributed by atoms with van der Waals surface area (Å²) in [5.74, 6) is 1.76. The molecule has 0 aliphatic carbocycles. The first-order chi connectivity index (χ1) is 12.1. The molecule has 2 aliphatic heterocycles. The molecule has 1 N–H and O–H groups in total. The fraction of sp³-hybridized carbons (Fsp3) is 0.389. The maximum Gasteiger partial charge on any atom is 0.255 e. The smallest absolute Gasteiger partial charge is 0.255 e. The summed E-state index contributed by atoms with van der Waals surface area (Å²) in [7, 11) is 0. The number of hydrogen-bond acceptors (Lipinski definition) is 6. The summed E-state index contributed by atoms with van der Waals surface area (Å²) in [5, 5.41) is 2.92. The Bertz CT molecular complexity index is 808. The number of amides is 1. The molecule has 2 aromatic rings. The lowest BCUT2D eigenvalue weighted by Gasteiger charge is -2.18. The van der Waals surface area contributed by atoms with Gasteiger partial charge >= 0.3 is 0 Å². The third-order valence-electron chi connectivity index (χ3n) is 4.52. The molecule has 1 fully saturated rings. The molecule has 1 aromatic heterocycles. The largest absolute Gasteiger partial charge is 0.454 e. The fourth-order valence-electron chi connectivity index (χ4n) is 3.16. The lowest BCUT2D eigenvalue weighted by atomic mass is 10.1. The Hall–Kier alpha value is -2.83. The van der Waals surface area contributed by atoms with Gasteiger partial charge in [0.2, 0.25) is 12.7 Å². The molecule has 1 saturated heterocycles. The van der Waals surface area contributed by atoms with Crippen molar-refractivity contribution in [1.82, 2.24) is 9.97 Å². The van der Waals surface area contributed by atoms with Gasteiger partial charge in [0.15, 0.2) is 11.5 Å². The van der Waals surface area contributed by atoms with Gasteiger partial charge in [-0.3, -0.25) is 4.79 Å². The van der Waals surface area contributed by atoms with Gasteiger partial charge in [-0.2, -0.15) is 0 Å². The van der Waals surface area contributed by atoms with Gasteiger partial charge < -0.3 is 19.7 Å². The molecule has 2 aliphatic rings. The first kappa shape index (κ1) is 15.7. The topological polar surface area (TPSA) is 76.6 Å². The van der Waals surface area contributed by atoms with Crippen LogP contribution in [-0.2, 0) is 0 Å². The second-order valence-electron chi connectivity index (χ2n) is 6.29.